The number of carbonyl (C=O) groups is 1. The summed E-state index contributed by atoms with van der Waals surface area (Å²) in [6.45, 7) is 7.93. The molecule has 0 aromatic carbocycles. The van der Waals surface area contributed by atoms with Gasteiger partial charge in [0.25, 0.3) is 0 Å². The van der Waals surface area contributed by atoms with Gasteiger partial charge in [-0.25, -0.2) is 0 Å². The zero-order valence-electron chi connectivity index (χ0n) is 9.79. The van der Waals surface area contributed by atoms with Gasteiger partial charge < -0.3 is 5.73 Å². The molecule has 0 atom stereocenters. The summed E-state index contributed by atoms with van der Waals surface area (Å²) in [5, 5.41) is 0. The molecule has 0 aliphatic rings. The SMILES string of the molecule is Cc1cc(C(=O)C(C)(C)CN)cnc1C. The van der Waals surface area contributed by atoms with Crippen LogP contribution >= 0.6 is 0 Å². The van der Waals surface area contributed by atoms with Crippen molar-refractivity contribution >= 4 is 5.78 Å². The number of hydrogen-bond acceptors (Lipinski definition) is 3. The number of carbonyl (C=O) groups excluding carboxylic acids is 1. The van der Waals surface area contributed by atoms with E-state index in [1.807, 2.05) is 33.8 Å². The minimum absolute atomic E-state index is 0.0561. The fourth-order valence-electron chi connectivity index (χ4n) is 1.25. The van der Waals surface area contributed by atoms with Crippen molar-refractivity contribution < 1.29 is 4.79 Å². The van der Waals surface area contributed by atoms with Crippen LogP contribution < -0.4 is 5.73 Å². The van der Waals surface area contributed by atoms with Gasteiger partial charge >= 0.3 is 0 Å². The predicted molar refractivity (Wildman–Crippen MR) is 60.9 cm³/mol. The highest BCUT2D eigenvalue weighted by Crippen LogP contribution is 2.20. The molecular weight excluding hydrogens is 188 g/mol. The van der Waals surface area contributed by atoms with Crippen molar-refractivity contribution in [2.45, 2.75) is 27.7 Å². The number of ketones is 1. The van der Waals surface area contributed by atoms with Crippen LogP contribution in [0.3, 0.4) is 0 Å². The molecule has 0 radical (unpaired) electrons. The molecule has 3 heteroatoms. The van der Waals surface area contributed by atoms with Gasteiger partial charge in [-0.05, 0) is 25.5 Å². The van der Waals surface area contributed by atoms with E-state index in [4.69, 9.17) is 5.73 Å². The molecular formula is C12H18N2O. The van der Waals surface area contributed by atoms with Crippen LogP contribution in [0.5, 0.6) is 0 Å². The monoisotopic (exact) mass is 206 g/mol. The van der Waals surface area contributed by atoms with Gasteiger partial charge in [0.15, 0.2) is 5.78 Å². The molecule has 0 aliphatic carbocycles. The third kappa shape index (κ3) is 2.42. The summed E-state index contributed by atoms with van der Waals surface area (Å²) in [5.74, 6) is 0.0561. The minimum Gasteiger partial charge on any atom is -0.329 e. The zero-order valence-corrected chi connectivity index (χ0v) is 9.79. The third-order valence-electron chi connectivity index (χ3n) is 2.73. The highest BCUT2D eigenvalue weighted by atomic mass is 16.1. The van der Waals surface area contributed by atoms with Crippen LogP contribution in [0.25, 0.3) is 0 Å². The summed E-state index contributed by atoms with van der Waals surface area (Å²) in [4.78, 5) is 16.2. The maximum atomic E-state index is 12.0. The zero-order chi connectivity index (χ0) is 11.6. The van der Waals surface area contributed by atoms with Gasteiger partial charge in [-0.3, -0.25) is 9.78 Å². The summed E-state index contributed by atoms with van der Waals surface area (Å²) in [5.41, 5.74) is 7.70. The molecule has 3 nitrogen and oxygen atoms in total. The summed E-state index contributed by atoms with van der Waals surface area (Å²) >= 11 is 0. The van der Waals surface area contributed by atoms with Gasteiger partial charge in [0.1, 0.15) is 0 Å². The number of aryl methyl sites for hydroxylation is 2. The van der Waals surface area contributed by atoms with E-state index in [9.17, 15) is 4.79 Å². The molecule has 0 spiro atoms. The Hall–Kier alpha value is -1.22. The van der Waals surface area contributed by atoms with E-state index in [0.717, 1.165) is 11.3 Å². The summed E-state index contributed by atoms with van der Waals surface area (Å²) in [6.07, 6.45) is 1.63. The topological polar surface area (TPSA) is 56.0 Å². The second kappa shape index (κ2) is 4.11. The van der Waals surface area contributed by atoms with Crippen molar-refractivity contribution in [2.24, 2.45) is 11.1 Å². The quantitative estimate of drug-likeness (QED) is 0.768. The lowest BCUT2D eigenvalue weighted by Crippen LogP contribution is -2.32. The van der Waals surface area contributed by atoms with Crippen LogP contribution in [0.2, 0.25) is 0 Å². The second-order valence-electron chi connectivity index (χ2n) is 4.54. The van der Waals surface area contributed by atoms with Gasteiger partial charge in [0.05, 0.1) is 0 Å². The number of aromatic nitrogens is 1. The molecule has 0 amide bonds. The van der Waals surface area contributed by atoms with Crippen molar-refractivity contribution in [3.05, 3.63) is 29.1 Å². The number of rotatable bonds is 3. The number of nitrogens with zero attached hydrogens (tertiary/aromatic N) is 1. The van der Waals surface area contributed by atoms with Crippen LogP contribution in [0.4, 0.5) is 0 Å². The smallest absolute Gasteiger partial charge is 0.171 e. The first-order valence-electron chi connectivity index (χ1n) is 5.06. The third-order valence-corrected chi connectivity index (χ3v) is 2.73. The summed E-state index contributed by atoms with van der Waals surface area (Å²) in [7, 11) is 0. The average Bonchev–Trinajstić information content (AvgIpc) is 2.21. The Morgan fingerprint density at radius 1 is 1.47 bits per heavy atom. The van der Waals surface area contributed by atoms with Crippen LogP contribution in [-0.2, 0) is 0 Å². The Balaban J connectivity index is 3.08. The lowest BCUT2D eigenvalue weighted by molar-refractivity contribution is 0.0847. The number of Topliss-reactive ketones (excluding diaryl/α,β-unsaturated/α-hetero) is 1. The second-order valence-corrected chi connectivity index (χ2v) is 4.54. The molecule has 1 heterocycles. The van der Waals surface area contributed by atoms with E-state index in [2.05, 4.69) is 4.98 Å². The summed E-state index contributed by atoms with van der Waals surface area (Å²) in [6, 6.07) is 1.88. The Morgan fingerprint density at radius 2 is 2.07 bits per heavy atom. The van der Waals surface area contributed by atoms with Crippen molar-refractivity contribution in [1.29, 1.82) is 0 Å². The van der Waals surface area contributed by atoms with Crippen LogP contribution in [0, 0.1) is 19.3 Å². The number of nitrogens with two attached hydrogens (primary N) is 1. The molecule has 0 unspecified atom stereocenters. The Morgan fingerprint density at radius 3 is 2.53 bits per heavy atom. The standard InChI is InChI=1S/C12H18N2O/c1-8-5-10(6-14-9(8)2)11(15)12(3,4)7-13/h5-6H,7,13H2,1-4H3. The molecule has 1 rings (SSSR count). The van der Waals surface area contributed by atoms with E-state index in [0.29, 0.717) is 12.1 Å². The minimum atomic E-state index is -0.511. The molecule has 0 fully saturated rings. The Kier molecular flexibility index (Phi) is 3.25. The predicted octanol–water partition coefficient (Wildman–Crippen LogP) is 1.87. The molecule has 82 valence electrons. The van der Waals surface area contributed by atoms with E-state index in [1.165, 1.54) is 0 Å². The van der Waals surface area contributed by atoms with Gasteiger partial charge in [0, 0.05) is 29.4 Å². The fraction of sp³-hybridized carbons (Fsp3) is 0.500. The molecule has 0 aliphatic heterocycles. The summed E-state index contributed by atoms with van der Waals surface area (Å²) < 4.78 is 0. The van der Waals surface area contributed by atoms with E-state index >= 15 is 0 Å². The lowest BCUT2D eigenvalue weighted by atomic mass is 9.84. The fourth-order valence-corrected chi connectivity index (χ4v) is 1.25. The number of pyridine rings is 1. The maximum absolute atomic E-state index is 12.0. The normalized spacial score (nSPS) is 11.5. The highest BCUT2D eigenvalue weighted by molar-refractivity contribution is 6.00. The maximum Gasteiger partial charge on any atom is 0.171 e. The molecule has 1 aromatic heterocycles. The largest absolute Gasteiger partial charge is 0.329 e. The highest BCUT2D eigenvalue weighted by Gasteiger charge is 2.27. The first-order chi connectivity index (χ1) is 6.88. The number of hydrogen-bond donors (Lipinski definition) is 1. The van der Waals surface area contributed by atoms with Crippen molar-refractivity contribution in [3.8, 4) is 0 Å². The van der Waals surface area contributed by atoms with Gasteiger partial charge in [0.2, 0.25) is 0 Å². The van der Waals surface area contributed by atoms with Gasteiger partial charge in [-0.15, -0.1) is 0 Å². The van der Waals surface area contributed by atoms with Crippen molar-refractivity contribution in [3.63, 3.8) is 0 Å². The molecule has 0 saturated heterocycles. The first-order valence-corrected chi connectivity index (χ1v) is 5.06. The van der Waals surface area contributed by atoms with Crippen LogP contribution in [-0.4, -0.2) is 17.3 Å². The van der Waals surface area contributed by atoms with E-state index < -0.39 is 5.41 Å². The lowest BCUT2D eigenvalue weighted by Gasteiger charge is -2.20. The molecule has 2 N–H and O–H groups in total. The first kappa shape index (κ1) is 11.9. The van der Waals surface area contributed by atoms with E-state index in [-0.39, 0.29) is 5.78 Å². The van der Waals surface area contributed by atoms with Crippen molar-refractivity contribution in [1.82, 2.24) is 4.98 Å². The average molecular weight is 206 g/mol. The van der Waals surface area contributed by atoms with Gasteiger partial charge in [-0.2, -0.15) is 0 Å². The Labute approximate surface area is 90.7 Å². The molecule has 0 saturated carbocycles. The van der Waals surface area contributed by atoms with Crippen LogP contribution in [0.15, 0.2) is 12.3 Å². The van der Waals surface area contributed by atoms with E-state index in [1.54, 1.807) is 6.20 Å². The molecule has 1 aromatic rings. The van der Waals surface area contributed by atoms with Gasteiger partial charge in [-0.1, -0.05) is 13.8 Å². The molecule has 0 bridgehead atoms. The van der Waals surface area contributed by atoms with Crippen LogP contribution in [0.1, 0.15) is 35.5 Å². The van der Waals surface area contributed by atoms with Crippen molar-refractivity contribution in [2.75, 3.05) is 6.54 Å². The molecule has 15 heavy (non-hydrogen) atoms. The Bertz CT molecular complexity index is 383.